The van der Waals surface area contributed by atoms with E-state index in [0.29, 0.717) is 6.42 Å². The highest BCUT2D eigenvalue weighted by atomic mass is 16.5. The van der Waals surface area contributed by atoms with E-state index in [0.717, 1.165) is 31.7 Å². The minimum absolute atomic E-state index is 0.138. The average Bonchev–Trinajstić information content (AvgIpc) is 2.45. The molecule has 0 aliphatic rings. The van der Waals surface area contributed by atoms with Crippen molar-refractivity contribution in [2.24, 2.45) is 0 Å². The summed E-state index contributed by atoms with van der Waals surface area (Å²) < 4.78 is 9.82. The summed E-state index contributed by atoms with van der Waals surface area (Å²) in [7, 11) is 5.17. The van der Waals surface area contributed by atoms with Crippen molar-refractivity contribution in [2.45, 2.75) is 19.3 Å². The number of nitrogens with zero attached hydrogens (tertiary/aromatic N) is 1. The molecule has 0 amide bonds. The second-order valence-corrected chi connectivity index (χ2v) is 4.58. The van der Waals surface area contributed by atoms with E-state index in [1.165, 1.54) is 12.7 Å². The molecule has 0 bridgehead atoms. The first-order chi connectivity index (χ1) is 9.15. The van der Waals surface area contributed by atoms with Crippen molar-refractivity contribution >= 4 is 5.97 Å². The van der Waals surface area contributed by atoms with Crippen LogP contribution in [-0.2, 0) is 16.0 Å². The molecule has 4 nitrogen and oxygen atoms in total. The molecule has 0 fully saturated rings. The largest absolute Gasteiger partial charge is 0.497 e. The van der Waals surface area contributed by atoms with Gasteiger partial charge in [0, 0.05) is 13.0 Å². The Labute approximate surface area is 115 Å². The Morgan fingerprint density at radius 3 is 2.74 bits per heavy atom. The Morgan fingerprint density at radius 1 is 1.26 bits per heavy atom. The Morgan fingerprint density at radius 2 is 2.05 bits per heavy atom. The standard InChI is InChI=1S/C15H23NO3/c1-16(10-5-8-15(17)19-3)11-9-13-6-4-7-14(12-13)18-2/h4,6-7,12H,5,8-11H2,1-3H3. The molecule has 0 atom stereocenters. The van der Waals surface area contributed by atoms with Gasteiger partial charge < -0.3 is 14.4 Å². The molecule has 0 spiro atoms. The van der Waals surface area contributed by atoms with Crippen molar-refractivity contribution in [1.82, 2.24) is 4.90 Å². The molecule has 1 aromatic rings. The van der Waals surface area contributed by atoms with Crippen LogP contribution in [0, 0.1) is 0 Å². The van der Waals surface area contributed by atoms with E-state index in [4.69, 9.17) is 4.74 Å². The number of benzene rings is 1. The third-order valence-corrected chi connectivity index (χ3v) is 3.06. The summed E-state index contributed by atoms with van der Waals surface area (Å²) in [6, 6.07) is 8.11. The first-order valence-electron chi connectivity index (χ1n) is 6.54. The maximum absolute atomic E-state index is 11.0. The molecule has 0 aliphatic heterocycles. The minimum atomic E-state index is -0.138. The number of carbonyl (C=O) groups excluding carboxylic acids is 1. The van der Waals surface area contributed by atoms with Crippen molar-refractivity contribution in [2.75, 3.05) is 34.4 Å². The Bertz CT molecular complexity index is 393. The number of hydrogen-bond donors (Lipinski definition) is 0. The van der Waals surface area contributed by atoms with Gasteiger partial charge in [0.2, 0.25) is 0 Å². The van der Waals surface area contributed by atoms with Crippen LogP contribution >= 0.6 is 0 Å². The fraction of sp³-hybridized carbons (Fsp3) is 0.533. The molecular weight excluding hydrogens is 242 g/mol. The van der Waals surface area contributed by atoms with Crippen LogP contribution in [-0.4, -0.2) is 45.2 Å². The summed E-state index contributed by atoms with van der Waals surface area (Å²) in [6.45, 7) is 1.87. The van der Waals surface area contributed by atoms with Crippen LogP contribution in [0.2, 0.25) is 0 Å². The zero-order valence-electron chi connectivity index (χ0n) is 12.0. The van der Waals surface area contributed by atoms with Crippen molar-refractivity contribution in [1.29, 1.82) is 0 Å². The maximum Gasteiger partial charge on any atom is 0.305 e. The van der Waals surface area contributed by atoms with E-state index >= 15 is 0 Å². The van der Waals surface area contributed by atoms with Crippen molar-refractivity contribution in [3.05, 3.63) is 29.8 Å². The second-order valence-electron chi connectivity index (χ2n) is 4.58. The summed E-state index contributed by atoms with van der Waals surface area (Å²) in [5.74, 6) is 0.757. The van der Waals surface area contributed by atoms with E-state index in [1.54, 1.807) is 7.11 Å². The number of likely N-dealkylation sites (N-methyl/N-ethyl adjacent to an activating group) is 1. The van der Waals surface area contributed by atoms with Gasteiger partial charge in [-0.3, -0.25) is 4.79 Å². The van der Waals surface area contributed by atoms with Crippen LogP contribution in [0.1, 0.15) is 18.4 Å². The molecule has 0 saturated carbocycles. The van der Waals surface area contributed by atoms with Gasteiger partial charge in [-0.2, -0.15) is 0 Å². The van der Waals surface area contributed by atoms with E-state index < -0.39 is 0 Å². The third kappa shape index (κ3) is 6.25. The SMILES string of the molecule is COC(=O)CCCN(C)CCc1cccc(OC)c1. The average molecular weight is 265 g/mol. The monoisotopic (exact) mass is 265 g/mol. The number of esters is 1. The first-order valence-corrected chi connectivity index (χ1v) is 6.54. The molecule has 1 aromatic carbocycles. The molecule has 0 heterocycles. The van der Waals surface area contributed by atoms with Gasteiger partial charge in [0.05, 0.1) is 14.2 Å². The number of rotatable bonds is 8. The van der Waals surface area contributed by atoms with Gasteiger partial charge in [-0.1, -0.05) is 12.1 Å². The zero-order chi connectivity index (χ0) is 14.1. The first kappa shape index (κ1) is 15.5. The van der Waals surface area contributed by atoms with E-state index in [-0.39, 0.29) is 5.97 Å². The molecule has 0 unspecified atom stereocenters. The number of hydrogen-bond acceptors (Lipinski definition) is 4. The van der Waals surface area contributed by atoms with Gasteiger partial charge in [-0.15, -0.1) is 0 Å². The topological polar surface area (TPSA) is 38.8 Å². The van der Waals surface area contributed by atoms with Gasteiger partial charge in [-0.25, -0.2) is 0 Å². The van der Waals surface area contributed by atoms with Crippen LogP contribution in [0.4, 0.5) is 0 Å². The normalized spacial score (nSPS) is 10.5. The Balaban J connectivity index is 2.25. The molecule has 19 heavy (non-hydrogen) atoms. The van der Waals surface area contributed by atoms with Crippen molar-refractivity contribution in [3.63, 3.8) is 0 Å². The lowest BCUT2D eigenvalue weighted by molar-refractivity contribution is -0.140. The third-order valence-electron chi connectivity index (χ3n) is 3.06. The van der Waals surface area contributed by atoms with Gasteiger partial charge >= 0.3 is 5.97 Å². The summed E-state index contributed by atoms with van der Waals surface area (Å²) >= 11 is 0. The van der Waals surface area contributed by atoms with E-state index in [2.05, 4.69) is 28.8 Å². The quantitative estimate of drug-likeness (QED) is 0.675. The van der Waals surface area contributed by atoms with Gasteiger partial charge in [-0.05, 0) is 44.1 Å². The second kappa shape index (κ2) is 8.53. The number of ether oxygens (including phenoxy) is 2. The fourth-order valence-electron chi connectivity index (χ4n) is 1.86. The molecule has 0 aromatic heterocycles. The van der Waals surface area contributed by atoms with Crippen molar-refractivity contribution < 1.29 is 14.3 Å². The molecule has 0 aliphatic carbocycles. The van der Waals surface area contributed by atoms with Gasteiger partial charge in [0.15, 0.2) is 0 Å². The zero-order valence-corrected chi connectivity index (χ0v) is 12.0. The predicted octanol–water partition coefficient (Wildman–Crippen LogP) is 2.12. The van der Waals surface area contributed by atoms with Crippen LogP contribution in [0.3, 0.4) is 0 Å². The molecule has 0 saturated heterocycles. The summed E-state index contributed by atoms with van der Waals surface area (Å²) in [4.78, 5) is 13.2. The van der Waals surface area contributed by atoms with E-state index in [9.17, 15) is 4.79 Å². The minimum Gasteiger partial charge on any atom is -0.497 e. The fourth-order valence-corrected chi connectivity index (χ4v) is 1.86. The Kier molecular flexibility index (Phi) is 6.97. The molecule has 1 rings (SSSR count). The number of carbonyl (C=O) groups is 1. The number of methoxy groups -OCH3 is 2. The summed E-state index contributed by atoms with van der Waals surface area (Å²) in [5.41, 5.74) is 1.26. The molecule has 0 radical (unpaired) electrons. The van der Waals surface area contributed by atoms with E-state index in [1.807, 2.05) is 12.1 Å². The summed E-state index contributed by atoms with van der Waals surface area (Å²) in [5, 5.41) is 0. The highest BCUT2D eigenvalue weighted by Gasteiger charge is 2.03. The van der Waals surface area contributed by atoms with Crippen LogP contribution in [0.15, 0.2) is 24.3 Å². The lowest BCUT2D eigenvalue weighted by atomic mass is 10.1. The highest BCUT2D eigenvalue weighted by molar-refractivity contribution is 5.69. The Hall–Kier alpha value is -1.55. The lowest BCUT2D eigenvalue weighted by Gasteiger charge is -2.16. The van der Waals surface area contributed by atoms with Crippen LogP contribution in [0.25, 0.3) is 0 Å². The molecule has 0 N–H and O–H groups in total. The molecule has 4 heteroatoms. The molecule has 106 valence electrons. The highest BCUT2D eigenvalue weighted by Crippen LogP contribution is 2.13. The lowest BCUT2D eigenvalue weighted by Crippen LogP contribution is -2.23. The summed E-state index contributed by atoms with van der Waals surface area (Å²) in [6.07, 6.45) is 2.30. The van der Waals surface area contributed by atoms with Crippen LogP contribution in [0.5, 0.6) is 5.75 Å². The van der Waals surface area contributed by atoms with Crippen LogP contribution < -0.4 is 4.74 Å². The van der Waals surface area contributed by atoms with Crippen molar-refractivity contribution in [3.8, 4) is 5.75 Å². The smallest absolute Gasteiger partial charge is 0.305 e. The van der Waals surface area contributed by atoms with Gasteiger partial charge in [0.25, 0.3) is 0 Å². The predicted molar refractivity (Wildman–Crippen MR) is 75.4 cm³/mol. The maximum atomic E-state index is 11.0. The van der Waals surface area contributed by atoms with Gasteiger partial charge in [0.1, 0.15) is 5.75 Å². The molecular formula is C15H23NO3.